The molecule has 3 nitrogen and oxygen atoms in total. The number of nitrogens with one attached hydrogen (secondary N) is 1. The largest absolute Gasteiger partial charge is 0.373 e. The SMILES string of the molecule is CCN(Cc1ccc(NC)nc1)CC(C)C. The molecule has 0 amide bonds. The van der Waals surface area contributed by atoms with Crippen LogP contribution in [0.3, 0.4) is 0 Å². The van der Waals surface area contributed by atoms with Crippen LogP contribution in [0.4, 0.5) is 5.82 Å². The summed E-state index contributed by atoms with van der Waals surface area (Å²) in [5, 5.41) is 3.03. The number of aromatic nitrogens is 1. The molecule has 0 spiro atoms. The summed E-state index contributed by atoms with van der Waals surface area (Å²) in [5.74, 6) is 1.64. The molecule has 0 unspecified atom stereocenters. The van der Waals surface area contributed by atoms with E-state index in [1.54, 1.807) is 0 Å². The van der Waals surface area contributed by atoms with Gasteiger partial charge in [0.15, 0.2) is 0 Å². The molecule has 0 saturated heterocycles. The smallest absolute Gasteiger partial charge is 0.125 e. The van der Waals surface area contributed by atoms with E-state index in [0.29, 0.717) is 5.92 Å². The molecule has 3 heteroatoms. The highest BCUT2D eigenvalue weighted by atomic mass is 15.1. The van der Waals surface area contributed by atoms with Crippen molar-refractivity contribution in [2.75, 3.05) is 25.5 Å². The van der Waals surface area contributed by atoms with E-state index in [-0.39, 0.29) is 0 Å². The first-order valence-corrected chi connectivity index (χ1v) is 6.00. The van der Waals surface area contributed by atoms with Crippen molar-refractivity contribution in [1.29, 1.82) is 0 Å². The maximum absolute atomic E-state index is 4.33. The lowest BCUT2D eigenvalue weighted by Gasteiger charge is -2.22. The predicted molar refractivity (Wildman–Crippen MR) is 69.6 cm³/mol. The highest BCUT2D eigenvalue weighted by molar-refractivity contribution is 5.34. The summed E-state index contributed by atoms with van der Waals surface area (Å²) < 4.78 is 0. The first kappa shape index (κ1) is 13.0. The van der Waals surface area contributed by atoms with Crippen LogP contribution >= 0.6 is 0 Å². The molecule has 0 bridgehead atoms. The first-order valence-electron chi connectivity index (χ1n) is 6.00. The Morgan fingerprint density at radius 1 is 1.38 bits per heavy atom. The number of hydrogen-bond donors (Lipinski definition) is 1. The molecule has 1 heterocycles. The molecule has 0 radical (unpaired) electrons. The Bertz CT molecular complexity index is 293. The average molecular weight is 221 g/mol. The van der Waals surface area contributed by atoms with Crippen LogP contribution < -0.4 is 5.32 Å². The molecule has 1 aromatic rings. The van der Waals surface area contributed by atoms with Crippen molar-refractivity contribution in [3.63, 3.8) is 0 Å². The van der Waals surface area contributed by atoms with Crippen LogP contribution in [0.5, 0.6) is 0 Å². The van der Waals surface area contributed by atoms with Gasteiger partial charge in [-0.2, -0.15) is 0 Å². The summed E-state index contributed by atoms with van der Waals surface area (Å²) in [7, 11) is 1.89. The van der Waals surface area contributed by atoms with Crippen LogP contribution in [0.25, 0.3) is 0 Å². The topological polar surface area (TPSA) is 28.2 Å². The van der Waals surface area contributed by atoms with Crippen molar-refractivity contribution in [3.05, 3.63) is 23.9 Å². The van der Waals surface area contributed by atoms with Crippen LogP contribution in [-0.4, -0.2) is 30.0 Å². The van der Waals surface area contributed by atoms with E-state index >= 15 is 0 Å². The molecule has 1 N–H and O–H groups in total. The van der Waals surface area contributed by atoms with Gasteiger partial charge in [-0.15, -0.1) is 0 Å². The van der Waals surface area contributed by atoms with E-state index in [4.69, 9.17) is 0 Å². The van der Waals surface area contributed by atoms with Gasteiger partial charge in [-0.1, -0.05) is 26.8 Å². The fraction of sp³-hybridized carbons (Fsp3) is 0.615. The highest BCUT2D eigenvalue weighted by Gasteiger charge is 2.06. The molecule has 0 saturated carbocycles. The summed E-state index contributed by atoms with van der Waals surface area (Å²) >= 11 is 0. The summed E-state index contributed by atoms with van der Waals surface area (Å²) in [6.07, 6.45) is 1.95. The molecule has 1 aromatic heterocycles. The second kappa shape index (κ2) is 6.48. The van der Waals surface area contributed by atoms with Crippen molar-refractivity contribution < 1.29 is 0 Å². The molecule has 0 aliphatic rings. The predicted octanol–water partition coefficient (Wildman–Crippen LogP) is 2.60. The van der Waals surface area contributed by atoms with Gasteiger partial charge < -0.3 is 5.32 Å². The van der Waals surface area contributed by atoms with Crippen LogP contribution in [0, 0.1) is 5.92 Å². The zero-order valence-corrected chi connectivity index (χ0v) is 10.8. The second-order valence-electron chi connectivity index (χ2n) is 4.52. The minimum absolute atomic E-state index is 0.712. The summed E-state index contributed by atoms with van der Waals surface area (Å²) in [4.78, 5) is 6.77. The van der Waals surface area contributed by atoms with Crippen LogP contribution in [0.2, 0.25) is 0 Å². The summed E-state index contributed by atoms with van der Waals surface area (Å²) in [5.41, 5.74) is 1.28. The zero-order valence-electron chi connectivity index (χ0n) is 10.8. The lowest BCUT2D eigenvalue weighted by molar-refractivity contribution is 0.248. The van der Waals surface area contributed by atoms with Crippen LogP contribution in [0.1, 0.15) is 26.3 Å². The molecule has 16 heavy (non-hydrogen) atoms. The Labute approximate surface area is 98.9 Å². The third kappa shape index (κ3) is 4.19. The molecule has 0 aliphatic heterocycles. The third-order valence-corrected chi connectivity index (χ3v) is 2.56. The number of pyridine rings is 1. The van der Waals surface area contributed by atoms with Gasteiger partial charge in [0.25, 0.3) is 0 Å². The summed E-state index contributed by atoms with van der Waals surface area (Å²) in [6.45, 7) is 9.94. The Balaban J connectivity index is 2.56. The van der Waals surface area contributed by atoms with Crippen molar-refractivity contribution in [3.8, 4) is 0 Å². The third-order valence-electron chi connectivity index (χ3n) is 2.56. The molecular formula is C13H23N3. The van der Waals surface area contributed by atoms with Gasteiger partial charge in [-0.05, 0) is 24.1 Å². The molecule has 90 valence electrons. The van der Waals surface area contributed by atoms with E-state index in [1.165, 1.54) is 5.56 Å². The standard InChI is InChI=1S/C13H23N3/c1-5-16(9-11(2)3)10-12-6-7-13(14-4)15-8-12/h6-8,11H,5,9-10H2,1-4H3,(H,14,15). The quantitative estimate of drug-likeness (QED) is 0.800. The summed E-state index contributed by atoms with van der Waals surface area (Å²) in [6, 6.07) is 4.17. The maximum Gasteiger partial charge on any atom is 0.125 e. The number of anilines is 1. The monoisotopic (exact) mass is 221 g/mol. The van der Waals surface area contributed by atoms with Crippen LogP contribution in [0.15, 0.2) is 18.3 Å². The van der Waals surface area contributed by atoms with Gasteiger partial charge in [0.05, 0.1) is 0 Å². The Morgan fingerprint density at radius 3 is 2.56 bits per heavy atom. The fourth-order valence-corrected chi connectivity index (χ4v) is 1.75. The van der Waals surface area contributed by atoms with Gasteiger partial charge in [-0.3, -0.25) is 4.90 Å². The van der Waals surface area contributed by atoms with Crippen LogP contribution in [-0.2, 0) is 6.54 Å². The molecule has 0 fully saturated rings. The Hall–Kier alpha value is -1.09. The minimum atomic E-state index is 0.712. The lowest BCUT2D eigenvalue weighted by atomic mass is 10.2. The Kier molecular flexibility index (Phi) is 5.26. The molecular weight excluding hydrogens is 198 g/mol. The van der Waals surface area contributed by atoms with Crippen molar-refractivity contribution in [1.82, 2.24) is 9.88 Å². The van der Waals surface area contributed by atoms with Crippen molar-refractivity contribution >= 4 is 5.82 Å². The van der Waals surface area contributed by atoms with E-state index in [9.17, 15) is 0 Å². The Morgan fingerprint density at radius 2 is 2.12 bits per heavy atom. The average Bonchev–Trinajstić information content (AvgIpc) is 2.28. The number of hydrogen-bond acceptors (Lipinski definition) is 3. The van der Waals surface area contributed by atoms with Gasteiger partial charge in [-0.25, -0.2) is 4.98 Å². The molecule has 0 atom stereocenters. The second-order valence-corrected chi connectivity index (χ2v) is 4.52. The normalized spacial score (nSPS) is 11.1. The van der Waals surface area contributed by atoms with E-state index < -0.39 is 0 Å². The van der Waals surface area contributed by atoms with Gasteiger partial charge in [0, 0.05) is 26.3 Å². The molecule has 0 aliphatic carbocycles. The number of rotatable bonds is 6. The minimum Gasteiger partial charge on any atom is -0.373 e. The van der Waals surface area contributed by atoms with Gasteiger partial charge in [0.1, 0.15) is 5.82 Å². The number of nitrogens with zero attached hydrogens (tertiary/aromatic N) is 2. The zero-order chi connectivity index (χ0) is 12.0. The lowest BCUT2D eigenvalue weighted by Crippen LogP contribution is -2.27. The van der Waals surface area contributed by atoms with Gasteiger partial charge in [0.2, 0.25) is 0 Å². The van der Waals surface area contributed by atoms with E-state index in [1.807, 2.05) is 19.3 Å². The molecule has 1 rings (SSSR count). The van der Waals surface area contributed by atoms with Crippen molar-refractivity contribution in [2.24, 2.45) is 5.92 Å². The molecule has 0 aromatic carbocycles. The van der Waals surface area contributed by atoms with Crippen molar-refractivity contribution in [2.45, 2.75) is 27.3 Å². The highest BCUT2D eigenvalue weighted by Crippen LogP contribution is 2.08. The maximum atomic E-state index is 4.33. The van der Waals surface area contributed by atoms with E-state index in [2.05, 4.69) is 42.0 Å². The van der Waals surface area contributed by atoms with E-state index in [0.717, 1.165) is 25.5 Å². The first-order chi connectivity index (χ1) is 7.65. The fourth-order valence-electron chi connectivity index (χ4n) is 1.75. The van der Waals surface area contributed by atoms with Gasteiger partial charge >= 0.3 is 0 Å².